The fourth-order valence-corrected chi connectivity index (χ4v) is 7.38. The first-order chi connectivity index (χ1) is 26.5. The van der Waals surface area contributed by atoms with Gasteiger partial charge in [0.05, 0.1) is 48.3 Å². The van der Waals surface area contributed by atoms with Crippen molar-refractivity contribution in [1.29, 1.82) is 0 Å². The highest BCUT2D eigenvalue weighted by atomic mass is 32.2. The van der Waals surface area contributed by atoms with E-state index in [1.54, 1.807) is 37.6 Å². The molecule has 0 bridgehead atoms. The molecule has 0 spiro atoms. The summed E-state index contributed by atoms with van der Waals surface area (Å²) in [5.41, 5.74) is 4.08. The number of halogens is 2. The minimum atomic E-state index is -3.00. The van der Waals surface area contributed by atoms with Gasteiger partial charge < -0.3 is 25.0 Å². The number of pyridine rings is 1. The highest BCUT2D eigenvalue weighted by Crippen LogP contribution is 2.37. The van der Waals surface area contributed by atoms with E-state index in [-0.39, 0.29) is 17.1 Å². The Morgan fingerprint density at radius 3 is 2.40 bits per heavy atom. The molecule has 1 amide bonds. The van der Waals surface area contributed by atoms with Crippen molar-refractivity contribution in [2.75, 3.05) is 56.5 Å². The second-order valence-electron chi connectivity index (χ2n) is 13.3. The van der Waals surface area contributed by atoms with Gasteiger partial charge in [-0.3, -0.25) is 9.20 Å². The molecular weight excluding hydrogens is 729 g/mol. The molecule has 6 aromatic rings. The Kier molecular flexibility index (Phi) is 10.7. The van der Waals surface area contributed by atoms with Gasteiger partial charge in [-0.25, -0.2) is 32.2 Å². The van der Waals surface area contributed by atoms with E-state index in [2.05, 4.69) is 26.6 Å². The van der Waals surface area contributed by atoms with E-state index in [9.17, 15) is 22.0 Å². The number of sulfone groups is 1. The van der Waals surface area contributed by atoms with Gasteiger partial charge in [0.15, 0.2) is 0 Å². The molecule has 4 heterocycles. The average Bonchev–Trinajstić information content (AvgIpc) is 3.58. The first-order valence-corrected chi connectivity index (χ1v) is 19.7. The second-order valence-corrected chi connectivity index (χ2v) is 15.6. The second kappa shape index (κ2) is 15.8. The Hall–Kier alpha value is -5.93. The maximum Gasteiger partial charge on any atom is 0.259 e. The monoisotopic (exact) mass is 767 g/mol. The van der Waals surface area contributed by atoms with Crippen LogP contribution in [-0.4, -0.2) is 84.4 Å². The lowest BCUT2D eigenvalue weighted by atomic mass is 9.89. The summed E-state index contributed by atoms with van der Waals surface area (Å²) in [6.45, 7) is 2.20. The topological polar surface area (TPSA) is 140 Å². The first kappa shape index (κ1) is 37.4. The number of imidazole rings is 1. The number of anilines is 3. The Balaban J connectivity index is 1.17. The van der Waals surface area contributed by atoms with Crippen LogP contribution in [0, 0.1) is 11.6 Å². The van der Waals surface area contributed by atoms with Crippen LogP contribution in [0.1, 0.15) is 34.7 Å². The van der Waals surface area contributed by atoms with E-state index in [0.29, 0.717) is 58.1 Å². The van der Waals surface area contributed by atoms with E-state index in [1.807, 2.05) is 40.9 Å². The summed E-state index contributed by atoms with van der Waals surface area (Å²) in [4.78, 5) is 29.9. The van der Waals surface area contributed by atoms with Crippen molar-refractivity contribution in [3.05, 3.63) is 114 Å². The van der Waals surface area contributed by atoms with Crippen LogP contribution in [0.3, 0.4) is 0 Å². The van der Waals surface area contributed by atoms with E-state index < -0.39 is 33.1 Å². The molecule has 0 aliphatic carbocycles. The minimum absolute atomic E-state index is 0.0451. The molecule has 7 rings (SSSR count). The standard InChI is InChI=1S/C40H39F2N7O5S/c1-53-33-13-11-27(23-28(33)39(50)47-37-29(41)7-6-8-30(37)42)36-38(49-18-5-4-9-35(49)46-36)32-14-17-43-40(45-32)44-31-12-10-26(24-34(31)54-2)25-15-19-48(20-16-25)21-22-55(3,51)52/h4-14,17-18,23-25H,15-16,19-22H2,1-3H3,(H,47,50)(H,43,44,45). The zero-order valence-electron chi connectivity index (χ0n) is 30.4. The molecular formula is C40H39F2N7O5S. The summed E-state index contributed by atoms with van der Waals surface area (Å²) in [5.74, 6) is -0.972. The molecule has 1 aliphatic heterocycles. The van der Waals surface area contributed by atoms with Crippen molar-refractivity contribution in [3.8, 4) is 34.1 Å². The van der Waals surface area contributed by atoms with Crippen LogP contribution in [0.5, 0.6) is 11.5 Å². The van der Waals surface area contributed by atoms with Gasteiger partial charge in [-0.2, -0.15) is 0 Å². The number of rotatable bonds is 12. The quantitative estimate of drug-likeness (QED) is 0.134. The molecule has 2 N–H and O–H groups in total. The number of nitrogens with one attached hydrogen (secondary N) is 2. The summed E-state index contributed by atoms with van der Waals surface area (Å²) in [7, 11) is 0.00539. The lowest BCUT2D eigenvalue weighted by Crippen LogP contribution is -2.36. The molecule has 3 aromatic heterocycles. The predicted octanol–water partition coefficient (Wildman–Crippen LogP) is 6.97. The number of amides is 1. The fourth-order valence-electron chi connectivity index (χ4n) is 6.79. The molecule has 284 valence electrons. The highest BCUT2D eigenvalue weighted by molar-refractivity contribution is 7.90. The number of aromatic nitrogens is 4. The SMILES string of the molecule is COc1cc(C2CCN(CCS(C)(=O)=O)CC2)ccc1Nc1nccc(-c2c(-c3ccc(OC)c(C(=O)Nc4c(F)cccc4F)c3)nc3ccccn23)n1. The lowest BCUT2D eigenvalue weighted by molar-refractivity contribution is 0.102. The Labute approximate surface area is 317 Å². The minimum Gasteiger partial charge on any atom is -0.496 e. The summed E-state index contributed by atoms with van der Waals surface area (Å²) in [6.07, 6.45) is 6.58. The number of benzene rings is 3. The van der Waals surface area contributed by atoms with Gasteiger partial charge in [-0.15, -0.1) is 0 Å². The van der Waals surface area contributed by atoms with Gasteiger partial charge in [0, 0.05) is 30.8 Å². The molecule has 0 radical (unpaired) electrons. The summed E-state index contributed by atoms with van der Waals surface area (Å²) >= 11 is 0. The van der Waals surface area contributed by atoms with Gasteiger partial charge in [-0.05, 0) is 98.1 Å². The van der Waals surface area contributed by atoms with Crippen LogP contribution >= 0.6 is 0 Å². The first-order valence-electron chi connectivity index (χ1n) is 17.6. The molecule has 1 fully saturated rings. The molecule has 1 saturated heterocycles. The molecule has 55 heavy (non-hydrogen) atoms. The smallest absolute Gasteiger partial charge is 0.259 e. The summed E-state index contributed by atoms with van der Waals surface area (Å²) < 4.78 is 65.2. The molecule has 0 saturated carbocycles. The third kappa shape index (κ3) is 8.27. The van der Waals surface area contributed by atoms with Crippen LogP contribution in [0.4, 0.5) is 26.1 Å². The van der Waals surface area contributed by atoms with Crippen LogP contribution in [-0.2, 0) is 9.84 Å². The molecule has 0 atom stereocenters. The van der Waals surface area contributed by atoms with Crippen molar-refractivity contribution in [1.82, 2.24) is 24.3 Å². The van der Waals surface area contributed by atoms with Crippen molar-refractivity contribution >= 4 is 38.7 Å². The third-order valence-electron chi connectivity index (χ3n) is 9.66. The maximum absolute atomic E-state index is 14.4. The number of carbonyl (C=O) groups excluding carboxylic acids is 1. The summed E-state index contributed by atoms with van der Waals surface area (Å²) in [6, 6.07) is 21.6. The predicted molar refractivity (Wildman–Crippen MR) is 207 cm³/mol. The van der Waals surface area contributed by atoms with E-state index >= 15 is 0 Å². The molecule has 0 unspecified atom stereocenters. The van der Waals surface area contributed by atoms with Gasteiger partial charge in [-0.1, -0.05) is 18.2 Å². The van der Waals surface area contributed by atoms with Crippen LogP contribution in [0.25, 0.3) is 28.3 Å². The number of hydrogen-bond donors (Lipinski definition) is 2. The molecule has 15 heteroatoms. The van der Waals surface area contributed by atoms with Crippen LogP contribution < -0.4 is 20.1 Å². The maximum atomic E-state index is 14.4. The van der Waals surface area contributed by atoms with Crippen LogP contribution in [0.15, 0.2) is 91.3 Å². The molecule has 3 aromatic carbocycles. The number of hydrogen-bond acceptors (Lipinski definition) is 10. The number of nitrogens with zero attached hydrogens (tertiary/aromatic N) is 5. The largest absolute Gasteiger partial charge is 0.496 e. The third-order valence-corrected chi connectivity index (χ3v) is 10.6. The van der Waals surface area contributed by atoms with Gasteiger partial charge in [0.1, 0.15) is 44.3 Å². The number of fused-ring (bicyclic) bond motifs is 1. The zero-order valence-corrected chi connectivity index (χ0v) is 31.2. The number of ether oxygens (including phenoxy) is 2. The zero-order chi connectivity index (χ0) is 38.7. The number of para-hydroxylation sites is 1. The highest BCUT2D eigenvalue weighted by Gasteiger charge is 2.24. The number of likely N-dealkylation sites (tertiary alicyclic amines) is 1. The van der Waals surface area contributed by atoms with Crippen molar-refractivity contribution in [2.45, 2.75) is 18.8 Å². The van der Waals surface area contributed by atoms with Crippen LogP contribution in [0.2, 0.25) is 0 Å². The Bertz CT molecular complexity index is 2470. The normalized spacial score (nSPS) is 13.8. The van der Waals surface area contributed by atoms with Crippen molar-refractivity contribution in [2.24, 2.45) is 0 Å². The Morgan fingerprint density at radius 2 is 1.67 bits per heavy atom. The van der Waals surface area contributed by atoms with E-state index in [0.717, 1.165) is 43.6 Å². The summed E-state index contributed by atoms with van der Waals surface area (Å²) in [5, 5.41) is 5.64. The fraction of sp³-hybridized carbons (Fsp3) is 0.250. The number of methoxy groups -OCH3 is 2. The number of carbonyl (C=O) groups is 1. The van der Waals surface area contributed by atoms with E-state index in [4.69, 9.17) is 19.4 Å². The van der Waals surface area contributed by atoms with Gasteiger partial charge in [0.2, 0.25) is 5.95 Å². The van der Waals surface area contributed by atoms with Gasteiger partial charge >= 0.3 is 0 Å². The van der Waals surface area contributed by atoms with Crippen molar-refractivity contribution < 1.29 is 31.5 Å². The number of piperidine rings is 1. The van der Waals surface area contributed by atoms with E-state index in [1.165, 1.54) is 19.4 Å². The lowest BCUT2D eigenvalue weighted by Gasteiger charge is -2.32. The van der Waals surface area contributed by atoms with Crippen molar-refractivity contribution in [3.63, 3.8) is 0 Å². The average molecular weight is 768 g/mol. The van der Waals surface area contributed by atoms with Gasteiger partial charge in [0.25, 0.3) is 5.91 Å². The Morgan fingerprint density at radius 1 is 0.909 bits per heavy atom. The molecule has 12 nitrogen and oxygen atoms in total. The molecule has 1 aliphatic rings.